The van der Waals surface area contributed by atoms with Gasteiger partial charge in [0.05, 0.1) is 5.69 Å². The number of rotatable bonds is 3. The second-order valence-electron chi connectivity index (χ2n) is 7.37. The fraction of sp³-hybridized carbons (Fsp3) is 0.381. The highest BCUT2D eigenvalue weighted by Crippen LogP contribution is 2.37. The van der Waals surface area contributed by atoms with Crippen molar-refractivity contribution in [2.24, 2.45) is 0 Å². The van der Waals surface area contributed by atoms with Crippen molar-refractivity contribution in [2.75, 3.05) is 16.8 Å². The van der Waals surface area contributed by atoms with Gasteiger partial charge in [-0.2, -0.15) is 0 Å². The molecule has 0 saturated heterocycles. The third kappa shape index (κ3) is 3.40. The van der Waals surface area contributed by atoms with Crippen LogP contribution in [0.15, 0.2) is 22.6 Å². The molecule has 7 nitrogen and oxygen atoms in total. The van der Waals surface area contributed by atoms with E-state index in [4.69, 9.17) is 4.42 Å². The third-order valence-corrected chi connectivity index (χ3v) is 5.32. The number of benzene rings is 1. The van der Waals surface area contributed by atoms with Crippen LogP contribution in [0.4, 0.5) is 11.4 Å². The van der Waals surface area contributed by atoms with Crippen LogP contribution >= 0.6 is 0 Å². The summed E-state index contributed by atoms with van der Waals surface area (Å²) in [6, 6.07) is 5.59. The molecule has 0 aliphatic carbocycles. The lowest BCUT2D eigenvalue weighted by atomic mass is 9.91. The molecule has 0 radical (unpaired) electrons. The first-order chi connectivity index (χ1) is 13.4. The standard InChI is InChI=1S/C21H23N3O4/c1-12-8-16(13(2)28-12)11-22-20(26)21(27)23-17-9-14-4-3-7-24-18(25)6-5-15(10-17)19(14)24/h8-10H,3-7,11H2,1-2H3,(H,22,26)(H,23,27). The van der Waals surface area contributed by atoms with Gasteiger partial charge >= 0.3 is 11.8 Å². The SMILES string of the molecule is Cc1cc(CNC(=O)C(=O)Nc2cc3c4c(c2)CCC(=O)N4CCC3)c(C)o1. The summed E-state index contributed by atoms with van der Waals surface area (Å²) in [5, 5.41) is 5.32. The van der Waals surface area contributed by atoms with Gasteiger partial charge in [0.1, 0.15) is 11.5 Å². The highest BCUT2D eigenvalue weighted by Gasteiger charge is 2.30. The third-order valence-electron chi connectivity index (χ3n) is 5.32. The van der Waals surface area contributed by atoms with E-state index in [0.29, 0.717) is 18.5 Å². The Morgan fingerprint density at radius 1 is 1.07 bits per heavy atom. The summed E-state index contributed by atoms with van der Waals surface area (Å²) in [5.41, 5.74) is 4.55. The Morgan fingerprint density at radius 2 is 1.82 bits per heavy atom. The molecule has 2 aromatic rings. The molecule has 3 heterocycles. The lowest BCUT2D eigenvalue weighted by molar-refractivity contribution is -0.136. The fourth-order valence-electron chi connectivity index (χ4n) is 4.03. The molecule has 0 unspecified atom stereocenters. The van der Waals surface area contributed by atoms with Gasteiger partial charge in [0, 0.05) is 30.8 Å². The number of hydrogen-bond donors (Lipinski definition) is 2. The van der Waals surface area contributed by atoms with Gasteiger partial charge < -0.3 is 20.0 Å². The molecule has 0 bridgehead atoms. The van der Waals surface area contributed by atoms with Crippen LogP contribution in [-0.4, -0.2) is 24.3 Å². The summed E-state index contributed by atoms with van der Waals surface area (Å²) in [7, 11) is 0. The quantitative estimate of drug-likeness (QED) is 0.799. The smallest absolute Gasteiger partial charge is 0.313 e. The van der Waals surface area contributed by atoms with Gasteiger partial charge in [0.15, 0.2) is 0 Å². The summed E-state index contributed by atoms with van der Waals surface area (Å²) in [5.74, 6) is 0.258. The Kier molecular flexibility index (Phi) is 4.66. The van der Waals surface area contributed by atoms with E-state index in [1.807, 2.05) is 36.9 Å². The first kappa shape index (κ1) is 18.3. The van der Waals surface area contributed by atoms with Crippen molar-refractivity contribution in [2.45, 2.75) is 46.1 Å². The zero-order valence-electron chi connectivity index (χ0n) is 16.1. The van der Waals surface area contributed by atoms with Crippen molar-refractivity contribution in [3.8, 4) is 0 Å². The van der Waals surface area contributed by atoms with E-state index >= 15 is 0 Å². The van der Waals surface area contributed by atoms with E-state index in [9.17, 15) is 14.4 Å². The van der Waals surface area contributed by atoms with E-state index in [1.54, 1.807) is 0 Å². The summed E-state index contributed by atoms with van der Waals surface area (Å²) in [6.07, 6.45) is 2.90. The van der Waals surface area contributed by atoms with Crippen LogP contribution in [0, 0.1) is 13.8 Å². The molecule has 3 amide bonds. The Labute approximate surface area is 163 Å². The Balaban J connectivity index is 1.45. The van der Waals surface area contributed by atoms with Crippen LogP contribution in [0.1, 0.15) is 41.1 Å². The summed E-state index contributed by atoms with van der Waals surface area (Å²) >= 11 is 0. The molecule has 7 heteroatoms. The van der Waals surface area contributed by atoms with Crippen molar-refractivity contribution in [3.63, 3.8) is 0 Å². The number of hydrogen-bond acceptors (Lipinski definition) is 4. The zero-order valence-corrected chi connectivity index (χ0v) is 16.1. The number of amides is 3. The monoisotopic (exact) mass is 381 g/mol. The van der Waals surface area contributed by atoms with Crippen LogP contribution in [-0.2, 0) is 33.8 Å². The highest BCUT2D eigenvalue weighted by atomic mass is 16.3. The summed E-state index contributed by atoms with van der Waals surface area (Å²) in [4.78, 5) is 38.5. The minimum atomic E-state index is -0.704. The van der Waals surface area contributed by atoms with Gasteiger partial charge in [0.25, 0.3) is 0 Å². The largest absolute Gasteiger partial charge is 0.466 e. The molecule has 146 valence electrons. The maximum Gasteiger partial charge on any atom is 0.313 e. The second-order valence-corrected chi connectivity index (χ2v) is 7.37. The average Bonchev–Trinajstić information content (AvgIpc) is 2.99. The van der Waals surface area contributed by atoms with E-state index in [0.717, 1.165) is 53.3 Å². The molecule has 0 atom stereocenters. The fourth-order valence-corrected chi connectivity index (χ4v) is 4.03. The molecular weight excluding hydrogens is 358 g/mol. The van der Waals surface area contributed by atoms with Gasteiger partial charge in [-0.15, -0.1) is 0 Å². The first-order valence-electron chi connectivity index (χ1n) is 9.53. The first-order valence-corrected chi connectivity index (χ1v) is 9.53. The molecule has 28 heavy (non-hydrogen) atoms. The van der Waals surface area contributed by atoms with Crippen molar-refractivity contribution in [1.29, 1.82) is 0 Å². The van der Waals surface area contributed by atoms with Crippen LogP contribution < -0.4 is 15.5 Å². The molecule has 1 aromatic heterocycles. The van der Waals surface area contributed by atoms with Crippen molar-refractivity contribution < 1.29 is 18.8 Å². The van der Waals surface area contributed by atoms with E-state index in [1.165, 1.54) is 0 Å². The molecule has 2 aliphatic rings. The number of carbonyl (C=O) groups excluding carboxylic acids is 3. The number of anilines is 2. The number of nitrogens with one attached hydrogen (secondary N) is 2. The zero-order chi connectivity index (χ0) is 19.8. The minimum Gasteiger partial charge on any atom is -0.466 e. The van der Waals surface area contributed by atoms with Gasteiger partial charge in [-0.3, -0.25) is 14.4 Å². The minimum absolute atomic E-state index is 0.161. The van der Waals surface area contributed by atoms with Gasteiger partial charge in [-0.05, 0) is 62.4 Å². The van der Waals surface area contributed by atoms with Crippen LogP contribution in [0.2, 0.25) is 0 Å². The predicted molar refractivity (Wildman–Crippen MR) is 104 cm³/mol. The maximum atomic E-state index is 12.3. The molecule has 2 N–H and O–H groups in total. The van der Waals surface area contributed by atoms with Crippen LogP contribution in [0.5, 0.6) is 0 Å². The summed E-state index contributed by atoms with van der Waals surface area (Å²) in [6.45, 7) is 4.64. The Morgan fingerprint density at radius 3 is 2.54 bits per heavy atom. The molecule has 0 spiro atoms. The molecule has 4 rings (SSSR count). The van der Waals surface area contributed by atoms with Gasteiger partial charge in [-0.25, -0.2) is 0 Å². The number of carbonyl (C=O) groups is 3. The lowest BCUT2D eigenvalue weighted by Gasteiger charge is -2.35. The molecule has 0 saturated carbocycles. The number of nitrogens with zero attached hydrogens (tertiary/aromatic N) is 1. The van der Waals surface area contributed by atoms with Crippen LogP contribution in [0.25, 0.3) is 0 Å². The van der Waals surface area contributed by atoms with Crippen molar-refractivity contribution in [1.82, 2.24) is 5.32 Å². The van der Waals surface area contributed by atoms with Crippen molar-refractivity contribution in [3.05, 3.63) is 46.4 Å². The van der Waals surface area contributed by atoms with E-state index in [-0.39, 0.29) is 12.5 Å². The van der Waals surface area contributed by atoms with Crippen molar-refractivity contribution >= 4 is 29.1 Å². The molecule has 0 fully saturated rings. The van der Waals surface area contributed by atoms with Gasteiger partial charge in [0.2, 0.25) is 5.91 Å². The molecular formula is C21H23N3O4. The topological polar surface area (TPSA) is 91.7 Å². The average molecular weight is 381 g/mol. The maximum absolute atomic E-state index is 12.3. The highest BCUT2D eigenvalue weighted by molar-refractivity contribution is 6.39. The predicted octanol–water partition coefficient (Wildman–Crippen LogP) is 2.38. The summed E-state index contributed by atoms with van der Waals surface area (Å²) < 4.78 is 5.42. The Hall–Kier alpha value is -3.09. The normalized spacial score (nSPS) is 15.2. The van der Waals surface area contributed by atoms with E-state index < -0.39 is 11.8 Å². The van der Waals surface area contributed by atoms with E-state index in [2.05, 4.69) is 10.6 Å². The second kappa shape index (κ2) is 7.14. The molecule has 1 aromatic carbocycles. The van der Waals surface area contributed by atoms with Crippen LogP contribution in [0.3, 0.4) is 0 Å². The number of aryl methyl sites for hydroxylation is 4. The molecule has 2 aliphatic heterocycles. The Bertz CT molecular complexity index is 959. The van der Waals surface area contributed by atoms with Gasteiger partial charge in [-0.1, -0.05) is 0 Å². The number of furan rings is 1. The lowest BCUT2D eigenvalue weighted by Crippen LogP contribution is -2.39.